The molecule has 0 saturated heterocycles. The van der Waals surface area contributed by atoms with Crippen LogP contribution in [0.15, 0.2) is 40.9 Å². The Morgan fingerprint density at radius 1 is 1.10 bits per heavy atom. The van der Waals surface area contributed by atoms with E-state index in [9.17, 15) is 9.59 Å². The molecule has 2 rings (SSSR count). The number of methoxy groups -OCH3 is 1. The van der Waals surface area contributed by atoms with Gasteiger partial charge in [-0.2, -0.15) is 0 Å². The number of benzene rings is 2. The first-order valence-electron chi connectivity index (χ1n) is 9.30. The van der Waals surface area contributed by atoms with Gasteiger partial charge in [-0.1, -0.05) is 28.1 Å². The SMILES string of the molecule is CNC(=O)[C@H](C)N(Cc1ccc(OC)cc1)C(=O)COc1cc(C)c(Br)c(C)c1. The van der Waals surface area contributed by atoms with Gasteiger partial charge in [0.05, 0.1) is 7.11 Å². The van der Waals surface area contributed by atoms with Gasteiger partial charge >= 0.3 is 0 Å². The standard InChI is InChI=1S/C22H27BrN2O4/c1-14-10-19(11-15(2)21(14)23)29-13-20(26)25(16(3)22(27)24-4)12-17-6-8-18(28-5)9-7-17/h6-11,16H,12-13H2,1-5H3,(H,24,27)/t16-/m0/s1. The Bertz CT molecular complexity index is 845. The lowest BCUT2D eigenvalue weighted by molar-refractivity contribution is -0.142. The van der Waals surface area contributed by atoms with Gasteiger partial charge in [0.15, 0.2) is 6.61 Å². The number of rotatable bonds is 8. The topological polar surface area (TPSA) is 67.9 Å². The lowest BCUT2D eigenvalue weighted by Gasteiger charge is -2.28. The van der Waals surface area contributed by atoms with Crippen LogP contribution in [0.3, 0.4) is 0 Å². The quantitative estimate of drug-likeness (QED) is 0.650. The average Bonchev–Trinajstić information content (AvgIpc) is 2.73. The van der Waals surface area contributed by atoms with Gasteiger partial charge < -0.3 is 19.7 Å². The molecule has 2 aromatic rings. The largest absolute Gasteiger partial charge is 0.497 e. The van der Waals surface area contributed by atoms with Crippen LogP contribution in [-0.4, -0.2) is 43.5 Å². The summed E-state index contributed by atoms with van der Waals surface area (Å²) < 4.78 is 11.9. The Labute approximate surface area is 180 Å². The molecule has 0 fully saturated rings. The Morgan fingerprint density at radius 2 is 1.69 bits per heavy atom. The maximum Gasteiger partial charge on any atom is 0.261 e. The van der Waals surface area contributed by atoms with E-state index in [4.69, 9.17) is 9.47 Å². The highest BCUT2D eigenvalue weighted by Crippen LogP contribution is 2.26. The molecule has 0 heterocycles. The van der Waals surface area contributed by atoms with E-state index in [0.29, 0.717) is 12.3 Å². The predicted octanol–water partition coefficient (Wildman–Crippen LogP) is 3.62. The molecule has 0 aromatic heterocycles. The van der Waals surface area contributed by atoms with Gasteiger partial charge in [-0.25, -0.2) is 0 Å². The Balaban J connectivity index is 2.16. The maximum absolute atomic E-state index is 12.9. The van der Waals surface area contributed by atoms with Crippen LogP contribution in [0, 0.1) is 13.8 Å². The van der Waals surface area contributed by atoms with Crippen molar-refractivity contribution in [1.29, 1.82) is 0 Å². The first-order valence-corrected chi connectivity index (χ1v) is 10.1. The summed E-state index contributed by atoms with van der Waals surface area (Å²) in [7, 11) is 3.15. The van der Waals surface area contributed by atoms with Crippen molar-refractivity contribution in [3.8, 4) is 11.5 Å². The number of carbonyl (C=O) groups is 2. The van der Waals surface area contributed by atoms with Crippen LogP contribution < -0.4 is 14.8 Å². The van der Waals surface area contributed by atoms with Crippen molar-refractivity contribution in [2.24, 2.45) is 0 Å². The monoisotopic (exact) mass is 462 g/mol. The van der Waals surface area contributed by atoms with Crippen LogP contribution in [0.2, 0.25) is 0 Å². The summed E-state index contributed by atoms with van der Waals surface area (Å²) in [4.78, 5) is 26.6. The first kappa shape index (κ1) is 22.7. The lowest BCUT2D eigenvalue weighted by Crippen LogP contribution is -2.48. The van der Waals surface area contributed by atoms with Crippen molar-refractivity contribution >= 4 is 27.7 Å². The third kappa shape index (κ3) is 5.97. The van der Waals surface area contributed by atoms with Crippen LogP contribution in [0.4, 0.5) is 0 Å². The van der Waals surface area contributed by atoms with Crippen molar-refractivity contribution in [2.75, 3.05) is 20.8 Å². The molecule has 7 heteroatoms. The van der Waals surface area contributed by atoms with Crippen LogP contribution in [0.1, 0.15) is 23.6 Å². The van der Waals surface area contributed by atoms with Crippen LogP contribution in [0.5, 0.6) is 11.5 Å². The minimum Gasteiger partial charge on any atom is -0.497 e. The number of carbonyl (C=O) groups excluding carboxylic acids is 2. The molecule has 156 valence electrons. The first-order chi connectivity index (χ1) is 13.8. The third-order valence-corrected chi connectivity index (χ3v) is 5.95. The third-order valence-electron chi connectivity index (χ3n) is 4.70. The van der Waals surface area contributed by atoms with Crippen molar-refractivity contribution in [2.45, 2.75) is 33.4 Å². The summed E-state index contributed by atoms with van der Waals surface area (Å²) in [6, 6.07) is 10.5. The molecule has 29 heavy (non-hydrogen) atoms. The lowest BCUT2D eigenvalue weighted by atomic mass is 10.1. The number of halogens is 1. The zero-order chi connectivity index (χ0) is 21.6. The van der Waals surface area contributed by atoms with E-state index in [1.54, 1.807) is 21.1 Å². The average molecular weight is 463 g/mol. The highest BCUT2D eigenvalue weighted by molar-refractivity contribution is 9.10. The molecule has 0 aliphatic carbocycles. The number of hydrogen-bond donors (Lipinski definition) is 1. The number of ether oxygens (including phenoxy) is 2. The highest BCUT2D eigenvalue weighted by Gasteiger charge is 2.26. The molecular formula is C22H27BrN2O4. The second-order valence-corrected chi connectivity index (χ2v) is 7.61. The summed E-state index contributed by atoms with van der Waals surface area (Å²) in [5.41, 5.74) is 2.95. The molecule has 2 aromatic carbocycles. The molecule has 1 N–H and O–H groups in total. The molecular weight excluding hydrogens is 436 g/mol. The van der Waals surface area contributed by atoms with E-state index >= 15 is 0 Å². The summed E-state index contributed by atoms with van der Waals surface area (Å²) in [6.07, 6.45) is 0. The van der Waals surface area contributed by atoms with Gasteiger partial charge in [-0.3, -0.25) is 9.59 Å². The van der Waals surface area contributed by atoms with Gasteiger partial charge in [0.1, 0.15) is 17.5 Å². The molecule has 2 amide bonds. The maximum atomic E-state index is 12.9. The minimum absolute atomic E-state index is 0.155. The fraction of sp³-hybridized carbons (Fsp3) is 0.364. The van der Waals surface area contributed by atoms with Crippen LogP contribution in [0.25, 0.3) is 0 Å². The Hall–Kier alpha value is -2.54. The van der Waals surface area contributed by atoms with Crippen LogP contribution >= 0.6 is 15.9 Å². The summed E-state index contributed by atoms with van der Waals surface area (Å²) >= 11 is 3.52. The summed E-state index contributed by atoms with van der Waals surface area (Å²) in [5.74, 6) is 0.848. The number of aryl methyl sites for hydroxylation is 2. The molecule has 6 nitrogen and oxygen atoms in total. The van der Waals surface area contributed by atoms with E-state index in [-0.39, 0.29) is 18.4 Å². The van der Waals surface area contributed by atoms with Crippen molar-refractivity contribution in [3.05, 3.63) is 57.6 Å². The molecule has 0 spiro atoms. The van der Waals surface area contributed by atoms with Gasteiger partial charge in [0.2, 0.25) is 5.91 Å². The minimum atomic E-state index is -0.633. The van der Waals surface area contributed by atoms with E-state index < -0.39 is 6.04 Å². The second kappa shape index (κ2) is 10.3. The fourth-order valence-corrected chi connectivity index (χ4v) is 3.17. The summed E-state index contributed by atoms with van der Waals surface area (Å²) in [5, 5.41) is 2.60. The Morgan fingerprint density at radius 3 is 2.21 bits per heavy atom. The fourth-order valence-electron chi connectivity index (χ4n) is 2.94. The van der Waals surface area contributed by atoms with Gasteiger partial charge in [-0.05, 0) is 61.7 Å². The molecule has 0 unspecified atom stereocenters. The van der Waals surface area contributed by atoms with Crippen LogP contribution in [-0.2, 0) is 16.1 Å². The number of amides is 2. The molecule has 0 aliphatic rings. The van der Waals surface area contributed by atoms with E-state index in [0.717, 1.165) is 26.9 Å². The van der Waals surface area contributed by atoms with E-state index in [1.807, 2.05) is 50.2 Å². The smallest absolute Gasteiger partial charge is 0.261 e. The van der Waals surface area contributed by atoms with Gasteiger partial charge in [0, 0.05) is 18.1 Å². The molecule has 0 bridgehead atoms. The van der Waals surface area contributed by atoms with Gasteiger partial charge in [0.25, 0.3) is 5.91 Å². The number of hydrogen-bond acceptors (Lipinski definition) is 4. The zero-order valence-electron chi connectivity index (χ0n) is 17.4. The normalized spacial score (nSPS) is 11.5. The number of likely N-dealkylation sites (N-methyl/N-ethyl adjacent to an activating group) is 1. The second-order valence-electron chi connectivity index (χ2n) is 6.82. The van der Waals surface area contributed by atoms with Crippen molar-refractivity contribution < 1.29 is 19.1 Å². The molecule has 0 aliphatic heterocycles. The molecule has 1 atom stereocenters. The summed E-state index contributed by atoms with van der Waals surface area (Å²) in [6.45, 7) is 5.77. The predicted molar refractivity (Wildman–Crippen MR) is 116 cm³/mol. The van der Waals surface area contributed by atoms with Crippen molar-refractivity contribution in [3.63, 3.8) is 0 Å². The number of nitrogens with zero attached hydrogens (tertiary/aromatic N) is 1. The highest BCUT2D eigenvalue weighted by atomic mass is 79.9. The zero-order valence-corrected chi connectivity index (χ0v) is 19.0. The molecule has 0 saturated carbocycles. The van der Waals surface area contributed by atoms with Crippen molar-refractivity contribution in [1.82, 2.24) is 10.2 Å². The van der Waals surface area contributed by atoms with E-state index in [2.05, 4.69) is 21.2 Å². The van der Waals surface area contributed by atoms with E-state index in [1.165, 1.54) is 4.90 Å². The number of nitrogens with one attached hydrogen (secondary N) is 1. The van der Waals surface area contributed by atoms with Gasteiger partial charge in [-0.15, -0.1) is 0 Å². The molecule has 0 radical (unpaired) electrons. The Kier molecular flexibility index (Phi) is 8.08.